The SMILES string of the molecule is Cn1cccc1.Cn1cccn1.Cn1ccnc1.Cn1ccnn1.Cn1cncn1.Cn1cnnc1.Cn1cnnn1.Cn1nccn1.Cn1ncnn1. The predicted octanol–water partition coefficient (Wildman–Crippen LogP) is -0.454. The third-order valence-electron chi connectivity index (χ3n) is 5.07. The Morgan fingerprint density at radius 1 is 0.333 bits per heavy atom. The molecule has 0 aliphatic heterocycles. The third kappa shape index (κ3) is 27.2. The Labute approximate surface area is 311 Å². The molecule has 0 saturated heterocycles. The predicted molar refractivity (Wildman–Crippen MR) is 193 cm³/mol. The Bertz CT molecular complexity index is 1450. The van der Waals surface area contributed by atoms with Gasteiger partial charge in [0.05, 0.1) is 32.0 Å². The highest BCUT2D eigenvalue weighted by Gasteiger charge is 1.75. The van der Waals surface area contributed by atoms with Crippen molar-refractivity contribution in [1.82, 2.24) is 124 Å². The summed E-state index contributed by atoms with van der Waals surface area (Å²) in [6, 6.07) is 5.89. The number of nitrogens with zero attached hydrogens (tertiary/aromatic N) is 25. The molecule has 0 saturated carbocycles. The molecule has 9 rings (SSSR count). The summed E-state index contributed by atoms with van der Waals surface area (Å²) in [6.07, 6.45) is 29.1. The van der Waals surface area contributed by atoms with E-state index in [4.69, 9.17) is 0 Å². The fourth-order valence-corrected chi connectivity index (χ4v) is 2.59. The molecule has 0 spiro atoms. The van der Waals surface area contributed by atoms with Gasteiger partial charge in [-0.25, -0.2) is 14.6 Å². The highest BCUT2D eigenvalue weighted by Crippen LogP contribution is 1.80. The minimum absolute atomic E-state index is 1.39. The first-order valence-corrected chi connectivity index (χ1v) is 15.5. The molecule has 0 bridgehead atoms. The van der Waals surface area contributed by atoms with Gasteiger partial charge in [0.2, 0.25) is 0 Å². The Balaban J connectivity index is 0.000000304. The topological polar surface area (TPSA) is 251 Å². The average molecular weight is 746 g/mol. The molecule has 9 aromatic heterocycles. The number of tetrazole rings is 2. The molecule has 9 heterocycles. The molecule has 0 aliphatic rings. The van der Waals surface area contributed by atoms with Crippen molar-refractivity contribution in [1.29, 1.82) is 0 Å². The maximum absolute atomic E-state index is 3.83. The summed E-state index contributed by atoms with van der Waals surface area (Å²) in [5.41, 5.74) is 0. The lowest BCUT2D eigenvalue weighted by atomic mass is 10.7. The van der Waals surface area contributed by atoms with Crippen molar-refractivity contribution in [3.63, 3.8) is 0 Å². The summed E-state index contributed by atoms with van der Waals surface area (Å²) in [5, 5.41) is 49.9. The molecule has 0 amide bonds. The zero-order valence-corrected chi connectivity index (χ0v) is 31.7. The maximum atomic E-state index is 3.83. The van der Waals surface area contributed by atoms with E-state index in [1.165, 1.54) is 33.3 Å². The first-order valence-electron chi connectivity index (χ1n) is 15.5. The number of hydrogen-bond donors (Lipinski definition) is 0. The van der Waals surface area contributed by atoms with Crippen LogP contribution in [0.2, 0.25) is 0 Å². The summed E-state index contributed by atoms with van der Waals surface area (Å²) in [4.78, 5) is 10.3. The van der Waals surface area contributed by atoms with Crippen molar-refractivity contribution in [3.05, 3.63) is 124 Å². The Kier molecular flexibility index (Phi) is 24.0. The molecule has 54 heavy (non-hydrogen) atoms. The van der Waals surface area contributed by atoms with E-state index in [-0.39, 0.29) is 0 Å². The molecule has 0 N–H and O–H groups in total. The molecule has 0 fully saturated rings. The molecular formula is C29H47N25. The van der Waals surface area contributed by atoms with Crippen LogP contribution in [0, 0.1) is 0 Å². The molecule has 25 nitrogen and oxygen atoms in total. The number of hydrogen-bond acceptors (Lipinski definition) is 16. The Hall–Kier alpha value is -7.60. The number of aryl methyl sites for hydroxylation is 9. The van der Waals surface area contributed by atoms with Crippen molar-refractivity contribution in [2.24, 2.45) is 63.4 Å². The normalized spacial score (nSPS) is 8.83. The van der Waals surface area contributed by atoms with E-state index < -0.39 is 0 Å². The van der Waals surface area contributed by atoms with Crippen molar-refractivity contribution in [2.75, 3.05) is 0 Å². The highest BCUT2D eigenvalue weighted by atomic mass is 15.6. The number of aromatic nitrogens is 25. The van der Waals surface area contributed by atoms with E-state index in [9.17, 15) is 0 Å². The van der Waals surface area contributed by atoms with Gasteiger partial charge in [0.1, 0.15) is 31.6 Å². The van der Waals surface area contributed by atoms with Crippen LogP contribution >= 0.6 is 0 Å². The summed E-state index contributed by atoms with van der Waals surface area (Å²) in [7, 11) is 16.6. The Morgan fingerprint density at radius 3 is 1.22 bits per heavy atom. The Morgan fingerprint density at radius 2 is 1.06 bits per heavy atom. The maximum Gasteiger partial charge on any atom is 0.162 e. The lowest BCUT2D eigenvalue weighted by molar-refractivity contribution is 0.630. The summed E-state index contributed by atoms with van der Waals surface area (Å²) in [5.74, 6) is 0. The van der Waals surface area contributed by atoms with Crippen LogP contribution in [0.3, 0.4) is 0 Å². The van der Waals surface area contributed by atoms with Crippen LogP contribution in [-0.4, -0.2) is 124 Å². The third-order valence-corrected chi connectivity index (χ3v) is 5.07. The minimum atomic E-state index is 1.39. The molecule has 288 valence electrons. The standard InChI is InChI=1S/C5H7N.2C4H6N2.4C3H5N3.2C2H4N4/c1-6-4-2-3-5-6;1-6-3-2-5-4-6;1-6-4-2-3-5-6;1-6-2-4-5-3-6;1-6-3-4-2-5-6;1-6-3-2-4-5-6;1-6-4-2-3-5-6;1-6-2-3-4-5-6;1-6-4-2-3-5-6/h2-5H,1H3;2*2-4H,1H3;4*2-3H,1H3;2*2H,1H3. The molecule has 0 atom stereocenters. The molecule has 0 radical (unpaired) electrons. The smallest absolute Gasteiger partial charge is 0.162 e. The largest absolute Gasteiger partial charge is 0.357 e. The minimum Gasteiger partial charge on any atom is -0.357 e. The van der Waals surface area contributed by atoms with Crippen molar-refractivity contribution in [3.8, 4) is 0 Å². The van der Waals surface area contributed by atoms with Gasteiger partial charge in [-0.1, -0.05) is 5.21 Å². The molecular weight excluding hydrogens is 698 g/mol. The van der Waals surface area contributed by atoms with E-state index in [2.05, 4.69) is 81.8 Å². The van der Waals surface area contributed by atoms with Crippen LogP contribution in [0.25, 0.3) is 0 Å². The van der Waals surface area contributed by atoms with Crippen LogP contribution in [0.4, 0.5) is 0 Å². The van der Waals surface area contributed by atoms with Crippen LogP contribution in [-0.2, 0) is 63.4 Å². The fraction of sp³-hybridized carbons (Fsp3) is 0.310. The summed E-state index contributed by atoms with van der Waals surface area (Å²) >= 11 is 0. The summed E-state index contributed by atoms with van der Waals surface area (Å²) < 4.78 is 12.2. The first-order chi connectivity index (χ1) is 26.0. The summed E-state index contributed by atoms with van der Waals surface area (Å²) in [6.45, 7) is 0. The van der Waals surface area contributed by atoms with E-state index >= 15 is 0 Å². The van der Waals surface area contributed by atoms with Crippen LogP contribution in [0.1, 0.15) is 0 Å². The lowest BCUT2D eigenvalue weighted by Gasteiger charge is -1.79. The quantitative estimate of drug-likeness (QED) is 0.190. The van der Waals surface area contributed by atoms with Gasteiger partial charge in [-0.05, 0) is 33.8 Å². The second-order valence-corrected chi connectivity index (χ2v) is 9.96. The number of rotatable bonds is 0. The van der Waals surface area contributed by atoms with Gasteiger partial charge in [-0.2, -0.15) is 30.0 Å². The molecule has 9 aromatic rings. The second kappa shape index (κ2) is 29.2. The monoisotopic (exact) mass is 745 g/mol. The van der Waals surface area contributed by atoms with Gasteiger partial charge in [-0.15, -0.1) is 30.6 Å². The van der Waals surface area contributed by atoms with E-state index in [1.807, 2.05) is 94.4 Å². The van der Waals surface area contributed by atoms with Crippen molar-refractivity contribution >= 4 is 0 Å². The van der Waals surface area contributed by atoms with E-state index in [0.717, 1.165) is 0 Å². The van der Waals surface area contributed by atoms with Gasteiger partial charge in [0.25, 0.3) is 0 Å². The molecule has 0 aliphatic carbocycles. The van der Waals surface area contributed by atoms with E-state index in [0.29, 0.717) is 0 Å². The average Bonchev–Trinajstić information content (AvgIpc) is 3.98. The molecule has 0 unspecified atom stereocenters. The lowest BCUT2D eigenvalue weighted by Crippen LogP contribution is -1.90. The van der Waals surface area contributed by atoms with E-state index in [1.54, 1.807) is 102 Å². The molecule has 0 aromatic carbocycles. The number of imidazole rings is 1. The van der Waals surface area contributed by atoms with Gasteiger partial charge >= 0.3 is 0 Å². The van der Waals surface area contributed by atoms with Crippen molar-refractivity contribution in [2.45, 2.75) is 0 Å². The van der Waals surface area contributed by atoms with Gasteiger partial charge in [-0.3, -0.25) is 14.0 Å². The van der Waals surface area contributed by atoms with Gasteiger partial charge in [0, 0.05) is 99.8 Å². The zero-order chi connectivity index (χ0) is 39.7. The fourth-order valence-electron chi connectivity index (χ4n) is 2.59. The first kappa shape index (κ1) is 44.4. The van der Waals surface area contributed by atoms with Crippen LogP contribution in [0.15, 0.2) is 124 Å². The van der Waals surface area contributed by atoms with Crippen molar-refractivity contribution < 1.29 is 0 Å². The van der Waals surface area contributed by atoms with Crippen LogP contribution < -0.4 is 0 Å². The second-order valence-electron chi connectivity index (χ2n) is 9.96. The van der Waals surface area contributed by atoms with Gasteiger partial charge < -0.3 is 13.7 Å². The van der Waals surface area contributed by atoms with Crippen LogP contribution in [0.5, 0.6) is 0 Å². The highest BCUT2D eigenvalue weighted by molar-refractivity contribution is 4.88. The van der Waals surface area contributed by atoms with Gasteiger partial charge in [0.15, 0.2) is 6.33 Å². The molecule has 25 heteroatoms. The zero-order valence-electron chi connectivity index (χ0n) is 31.7.